The Morgan fingerprint density at radius 1 is 1.34 bits per heavy atom. The summed E-state index contributed by atoms with van der Waals surface area (Å²) < 4.78 is 28.4. The van der Waals surface area contributed by atoms with Crippen molar-refractivity contribution in [3.8, 4) is 0 Å². The molecule has 4 rings (SSSR count). The van der Waals surface area contributed by atoms with Crippen molar-refractivity contribution in [2.75, 3.05) is 18.1 Å². The average Bonchev–Trinajstić information content (AvgIpc) is 3.34. The van der Waals surface area contributed by atoms with Gasteiger partial charge in [-0.2, -0.15) is 5.10 Å². The zero-order valence-corrected chi connectivity index (χ0v) is 16.4. The third-order valence-corrected chi connectivity index (χ3v) is 5.20. The second kappa shape index (κ2) is 7.64. The maximum Gasteiger partial charge on any atom is 0.164 e. The Hall–Kier alpha value is -2.65. The van der Waals surface area contributed by atoms with Crippen LogP contribution < -0.4 is 10.2 Å². The van der Waals surface area contributed by atoms with Crippen LogP contribution in [0.1, 0.15) is 50.1 Å². The number of aromatic nitrogens is 4. The first-order chi connectivity index (χ1) is 13.9. The second-order valence-corrected chi connectivity index (χ2v) is 8.01. The largest absolute Gasteiger partial charge is 0.374 e. The van der Waals surface area contributed by atoms with Gasteiger partial charge in [-0.15, -0.1) is 0 Å². The number of hydrogen-bond donors (Lipinski definition) is 2. The van der Waals surface area contributed by atoms with Crippen LogP contribution in [0.15, 0.2) is 36.9 Å². The summed E-state index contributed by atoms with van der Waals surface area (Å²) in [6.07, 6.45) is 6.89. The molecule has 1 aliphatic rings. The summed E-state index contributed by atoms with van der Waals surface area (Å²) in [6, 6.07) is 3.33. The molecule has 4 heterocycles. The van der Waals surface area contributed by atoms with Crippen molar-refractivity contribution in [2.45, 2.75) is 44.5 Å². The van der Waals surface area contributed by atoms with Crippen LogP contribution in [-0.2, 0) is 0 Å². The number of nitrogens with one attached hydrogen (secondary N) is 1. The third-order valence-electron chi connectivity index (χ3n) is 5.20. The Morgan fingerprint density at radius 3 is 2.93 bits per heavy atom. The molecular formula is C20H24F2N6O. The fraction of sp³-hybridized carbons (Fsp3) is 0.450. The number of fused-ring (bicyclic) bond motifs is 1. The maximum atomic E-state index is 13.7. The smallest absolute Gasteiger partial charge is 0.164 e. The molecule has 1 aliphatic heterocycles. The molecule has 29 heavy (non-hydrogen) atoms. The number of aliphatic hydroxyl groups excluding tert-OH is 1. The molecular weight excluding hydrogens is 378 g/mol. The summed E-state index contributed by atoms with van der Waals surface area (Å²) in [5.74, 6) is 0.350. The summed E-state index contributed by atoms with van der Waals surface area (Å²) in [5.41, 5.74) is 0.886. The normalized spacial score (nSPS) is 18.5. The highest BCUT2D eigenvalue weighted by Crippen LogP contribution is 2.35. The van der Waals surface area contributed by atoms with Gasteiger partial charge in [-0.3, -0.25) is 10.3 Å². The minimum absolute atomic E-state index is 0.0203. The SMILES string of the molecule is CC(C)(CF)NC(O)c1cnn2ccc(N3CCC[C@@H]3c3cncc(F)c3)nc12. The molecule has 0 bridgehead atoms. The Kier molecular flexibility index (Phi) is 5.18. The van der Waals surface area contributed by atoms with Gasteiger partial charge < -0.3 is 10.0 Å². The van der Waals surface area contributed by atoms with Crippen LogP contribution in [0.25, 0.3) is 5.65 Å². The molecule has 9 heteroatoms. The monoisotopic (exact) mass is 402 g/mol. The fourth-order valence-corrected chi connectivity index (χ4v) is 3.71. The lowest BCUT2D eigenvalue weighted by Crippen LogP contribution is -2.43. The Morgan fingerprint density at radius 2 is 2.17 bits per heavy atom. The third kappa shape index (κ3) is 3.92. The zero-order chi connectivity index (χ0) is 20.6. The maximum absolute atomic E-state index is 13.7. The van der Waals surface area contributed by atoms with Gasteiger partial charge in [0.2, 0.25) is 0 Å². The van der Waals surface area contributed by atoms with Crippen LogP contribution >= 0.6 is 0 Å². The van der Waals surface area contributed by atoms with E-state index in [0.717, 1.165) is 24.9 Å². The number of aliphatic hydroxyl groups is 1. The van der Waals surface area contributed by atoms with E-state index in [4.69, 9.17) is 4.98 Å². The number of alkyl halides is 1. The van der Waals surface area contributed by atoms with Crippen molar-refractivity contribution in [3.63, 3.8) is 0 Å². The molecule has 2 N–H and O–H groups in total. The van der Waals surface area contributed by atoms with E-state index in [9.17, 15) is 13.9 Å². The molecule has 7 nitrogen and oxygen atoms in total. The van der Waals surface area contributed by atoms with Crippen molar-refractivity contribution in [3.05, 3.63) is 53.9 Å². The molecule has 1 saturated heterocycles. The van der Waals surface area contributed by atoms with E-state index in [2.05, 4.69) is 20.3 Å². The van der Waals surface area contributed by atoms with Gasteiger partial charge in [0.05, 0.1) is 24.0 Å². The van der Waals surface area contributed by atoms with Crippen molar-refractivity contribution >= 4 is 11.5 Å². The van der Waals surface area contributed by atoms with Crippen molar-refractivity contribution in [2.24, 2.45) is 0 Å². The molecule has 154 valence electrons. The van der Waals surface area contributed by atoms with Crippen LogP contribution in [0.5, 0.6) is 0 Å². The number of rotatable bonds is 6. The van der Waals surface area contributed by atoms with Gasteiger partial charge in [0.25, 0.3) is 0 Å². The van der Waals surface area contributed by atoms with Gasteiger partial charge in [0.1, 0.15) is 24.5 Å². The second-order valence-electron chi connectivity index (χ2n) is 8.01. The highest BCUT2D eigenvalue weighted by molar-refractivity contribution is 5.54. The molecule has 0 amide bonds. The highest BCUT2D eigenvalue weighted by atomic mass is 19.1. The first-order valence-electron chi connectivity index (χ1n) is 9.61. The number of pyridine rings is 1. The number of hydrogen-bond acceptors (Lipinski definition) is 6. The summed E-state index contributed by atoms with van der Waals surface area (Å²) in [6.45, 7) is 3.49. The number of anilines is 1. The van der Waals surface area contributed by atoms with Gasteiger partial charge in [-0.05, 0) is 44.4 Å². The van der Waals surface area contributed by atoms with Crippen LogP contribution in [0.3, 0.4) is 0 Å². The van der Waals surface area contributed by atoms with E-state index >= 15 is 0 Å². The van der Waals surface area contributed by atoms with Crippen molar-refractivity contribution in [1.29, 1.82) is 0 Å². The molecule has 2 atom stereocenters. The van der Waals surface area contributed by atoms with Gasteiger partial charge in [-0.1, -0.05) is 0 Å². The lowest BCUT2D eigenvalue weighted by molar-refractivity contribution is 0.0922. The lowest BCUT2D eigenvalue weighted by Gasteiger charge is -2.27. The van der Waals surface area contributed by atoms with Crippen LogP contribution in [0.4, 0.5) is 14.6 Å². The molecule has 0 aliphatic carbocycles. The molecule has 0 aromatic carbocycles. The van der Waals surface area contributed by atoms with E-state index < -0.39 is 18.4 Å². The zero-order valence-electron chi connectivity index (χ0n) is 16.4. The summed E-state index contributed by atoms with van der Waals surface area (Å²) in [7, 11) is 0. The summed E-state index contributed by atoms with van der Waals surface area (Å²) >= 11 is 0. The Bertz CT molecular complexity index is 1010. The molecule has 3 aromatic heterocycles. The standard InChI is InChI=1S/C20H24F2N6O/c1-20(2,12-21)26-19(29)15-11-24-28-7-5-17(25-18(15)28)27-6-3-4-16(27)13-8-14(22)10-23-9-13/h5,7-11,16,19,26,29H,3-4,6,12H2,1-2H3/t16-,19?/m1/s1. The number of nitrogens with zero attached hydrogens (tertiary/aromatic N) is 5. The highest BCUT2D eigenvalue weighted by Gasteiger charge is 2.29. The number of halogens is 2. The Balaban J connectivity index is 1.66. The topological polar surface area (TPSA) is 78.6 Å². The minimum atomic E-state index is -1.11. The lowest BCUT2D eigenvalue weighted by atomic mass is 10.1. The fourth-order valence-electron chi connectivity index (χ4n) is 3.71. The quantitative estimate of drug-likeness (QED) is 0.618. The Labute approximate surface area is 167 Å². The molecule has 3 aromatic rings. The predicted octanol–water partition coefficient (Wildman–Crippen LogP) is 2.93. The predicted molar refractivity (Wildman–Crippen MR) is 105 cm³/mol. The minimum Gasteiger partial charge on any atom is -0.374 e. The molecule has 1 unspecified atom stereocenters. The van der Waals surface area contributed by atoms with E-state index in [1.807, 2.05) is 6.07 Å². The molecule has 0 spiro atoms. The van der Waals surface area contributed by atoms with Crippen molar-refractivity contribution in [1.82, 2.24) is 24.9 Å². The van der Waals surface area contributed by atoms with Gasteiger partial charge in [-0.25, -0.2) is 18.3 Å². The van der Waals surface area contributed by atoms with E-state index in [1.54, 1.807) is 30.8 Å². The first-order valence-corrected chi connectivity index (χ1v) is 9.61. The van der Waals surface area contributed by atoms with Gasteiger partial charge in [0.15, 0.2) is 5.65 Å². The first kappa shape index (κ1) is 19.7. The summed E-state index contributed by atoms with van der Waals surface area (Å²) in [5, 5.41) is 17.6. The van der Waals surface area contributed by atoms with Crippen LogP contribution in [0, 0.1) is 5.82 Å². The van der Waals surface area contributed by atoms with E-state index in [-0.39, 0.29) is 11.9 Å². The van der Waals surface area contributed by atoms with Gasteiger partial charge >= 0.3 is 0 Å². The van der Waals surface area contributed by atoms with Crippen molar-refractivity contribution < 1.29 is 13.9 Å². The molecule has 0 saturated carbocycles. The van der Waals surface area contributed by atoms with Crippen LogP contribution in [-0.4, -0.2) is 43.4 Å². The van der Waals surface area contributed by atoms with Gasteiger partial charge in [0, 0.05) is 24.5 Å². The van der Waals surface area contributed by atoms with E-state index in [0.29, 0.717) is 17.0 Å². The average molecular weight is 402 g/mol. The molecule has 0 radical (unpaired) electrons. The van der Waals surface area contributed by atoms with Crippen LogP contribution in [0.2, 0.25) is 0 Å². The summed E-state index contributed by atoms with van der Waals surface area (Å²) in [4.78, 5) is 10.8. The molecule has 1 fully saturated rings. The van der Waals surface area contributed by atoms with E-state index in [1.165, 1.54) is 18.5 Å².